The smallest absolute Gasteiger partial charge is 0.177 e. The van der Waals surface area contributed by atoms with Crippen molar-refractivity contribution in [2.75, 3.05) is 13.2 Å². The minimum Gasteiger partial charge on any atom is -0.396 e. The number of hydrogen-bond donors (Lipinski definition) is 2. The Morgan fingerprint density at radius 3 is 2.22 bits per heavy atom. The van der Waals surface area contributed by atoms with E-state index in [2.05, 4.69) is 6.92 Å². The van der Waals surface area contributed by atoms with Gasteiger partial charge in [0.15, 0.2) is 5.72 Å². The summed E-state index contributed by atoms with van der Waals surface area (Å²) in [5, 5.41) is 22.1. The zero-order valence-corrected chi connectivity index (χ0v) is 19.4. The third-order valence-corrected chi connectivity index (χ3v) is 6.60. The van der Waals surface area contributed by atoms with Gasteiger partial charge in [-0.1, -0.05) is 71.7 Å². The van der Waals surface area contributed by atoms with E-state index in [0.29, 0.717) is 29.5 Å². The van der Waals surface area contributed by atoms with Crippen molar-refractivity contribution in [1.82, 2.24) is 4.90 Å². The first-order chi connectivity index (χ1) is 15.5. The van der Waals surface area contributed by atoms with E-state index < -0.39 is 12.0 Å². The Hall–Kier alpha value is -1.92. The van der Waals surface area contributed by atoms with Gasteiger partial charge < -0.3 is 14.9 Å². The van der Waals surface area contributed by atoms with E-state index in [1.165, 1.54) is 0 Å². The summed E-state index contributed by atoms with van der Waals surface area (Å²) in [6.07, 6.45) is 0.478. The first kappa shape index (κ1) is 23.2. The minimum atomic E-state index is -1.02. The number of aliphatic hydroxyl groups excluding tert-OH is 2. The average molecular weight is 472 g/mol. The molecule has 0 bridgehead atoms. The summed E-state index contributed by atoms with van der Waals surface area (Å²) in [5.74, 6) is 0. The van der Waals surface area contributed by atoms with Gasteiger partial charge in [0.05, 0.1) is 0 Å². The van der Waals surface area contributed by atoms with Crippen LogP contribution in [0.2, 0.25) is 10.0 Å². The third kappa shape index (κ3) is 4.19. The van der Waals surface area contributed by atoms with E-state index in [9.17, 15) is 10.2 Å². The van der Waals surface area contributed by atoms with Gasteiger partial charge in [-0.25, -0.2) is 4.90 Å². The second kappa shape index (κ2) is 9.92. The number of halogens is 2. The molecule has 0 fully saturated rings. The summed E-state index contributed by atoms with van der Waals surface area (Å²) in [5.41, 5.74) is 2.59. The lowest BCUT2D eigenvalue weighted by Crippen LogP contribution is -2.47. The molecule has 4 nitrogen and oxygen atoms in total. The van der Waals surface area contributed by atoms with E-state index in [1.54, 1.807) is 0 Å². The van der Waals surface area contributed by atoms with Crippen molar-refractivity contribution < 1.29 is 14.9 Å². The second-order valence-corrected chi connectivity index (χ2v) is 8.90. The largest absolute Gasteiger partial charge is 0.396 e. The fourth-order valence-corrected chi connectivity index (χ4v) is 4.78. The fraction of sp³-hybridized carbons (Fsp3) is 0.308. The molecule has 0 saturated carbocycles. The molecule has 6 heteroatoms. The number of hydrogen-bond acceptors (Lipinski definition) is 4. The summed E-state index contributed by atoms with van der Waals surface area (Å²) < 4.78 is 6.68. The van der Waals surface area contributed by atoms with E-state index in [1.807, 2.05) is 77.7 Å². The molecule has 1 aliphatic heterocycles. The van der Waals surface area contributed by atoms with Crippen LogP contribution in [0.15, 0.2) is 72.8 Å². The minimum absolute atomic E-state index is 0.113. The molecule has 0 amide bonds. The molecule has 0 spiro atoms. The van der Waals surface area contributed by atoms with Gasteiger partial charge in [-0.2, -0.15) is 0 Å². The highest BCUT2D eigenvalue weighted by atomic mass is 35.5. The second-order valence-electron chi connectivity index (χ2n) is 8.03. The molecule has 168 valence electrons. The molecule has 4 rings (SSSR count). The van der Waals surface area contributed by atoms with Crippen LogP contribution in [0.1, 0.15) is 54.3 Å². The number of fused-ring (bicyclic) bond motifs is 1. The Labute approximate surface area is 199 Å². The predicted molar refractivity (Wildman–Crippen MR) is 128 cm³/mol. The van der Waals surface area contributed by atoms with E-state index in [0.717, 1.165) is 22.3 Å². The summed E-state index contributed by atoms with van der Waals surface area (Å²) >= 11 is 12.3. The monoisotopic (exact) mass is 471 g/mol. The molecule has 3 aromatic carbocycles. The fourth-order valence-electron chi connectivity index (χ4n) is 4.53. The van der Waals surface area contributed by atoms with Crippen molar-refractivity contribution in [1.29, 1.82) is 0 Å². The average Bonchev–Trinajstić information content (AvgIpc) is 3.06. The molecule has 1 aliphatic rings. The molecule has 2 N–H and O–H groups in total. The van der Waals surface area contributed by atoms with Crippen LogP contribution in [-0.4, -0.2) is 28.3 Å². The maximum absolute atomic E-state index is 11.5. The molecule has 0 radical (unpaired) electrons. The molecule has 0 saturated heterocycles. The Bertz CT molecular complexity index is 1040. The van der Waals surface area contributed by atoms with Crippen molar-refractivity contribution in [2.45, 2.75) is 37.8 Å². The summed E-state index contributed by atoms with van der Waals surface area (Å²) in [6.45, 7) is 2.59. The molecule has 0 aromatic heterocycles. The Morgan fingerprint density at radius 1 is 0.938 bits per heavy atom. The highest BCUT2D eigenvalue weighted by Gasteiger charge is 2.54. The maximum Gasteiger partial charge on any atom is 0.177 e. The predicted octanol–water partition coefficient (Wildman–Crippen LogP) is 6.05. The number of nitrogens with zero attached hydrogens (tertiary/aromatic N) is 1. The third-order valence-electron chi connectivity index (χ3n) is 6.10. The molecule has 3 aromatic rings. The molecule has 32 heavy (non-hydrogen) atoms. The number of aliphatic hydroxyl groups is 2. The van der Waals surface area contributed by atoms with Gasteiger partial charge in [0, 0.05) is 46.0 Å². The quantitative estimate of drug-likeness (QED) is 0.392. The standard InChI is InChI=1S/C26H27Cl2NO3/c1-18(19-8-12-21(27)13-9-19)29-25(31)23-6-2-3-7-24(23)26(29,32-17-5-4-16-30)20-10-14-22(28)15-11-20/h2-3,6-15,18,25,30-31H,4-5,16-17H2,1H3. The van der Waals surface area contributed by atoms with Crippen molar-refractivity contribution in [2.24, 2.45) is 0 Å². The van der Waals surface area contributed by atoms with Crippen molar-refractivity contribution in [3.63, 3.8) is 0 Å². The van der Waals surface area contributed by atoms with Crippen LogP contribution in [0, 0.1) is 0 Å². The van der Waals surface area contributed by atoms with Gasteiger partial charge in [0.1, 0.15) is 6.23 Å². The van der Waals surface area contributed by atoms with Crippen molar-refractivity contribution in [3.05, 3.63) is 105 Å². The number of rotatable bonds is 8. The zero-order valence-electron chi connectivity index (χ0n) is 17.9. The van der Waals surface area contributed by atoms with Crippen LogP contribution in [-0.2, 0) is 10.5 Å². The molecule has 3 atom stereocenters. The first-order valence-electron chi connectivity index (χ1n) is 10.8. The Balaban J connectivity index is 1.88. The van der Waals surface area contributed by atoms with Gasteiger partial charge in [-0.3, -0.25) is 0 Å². The normalized spacial score (nSPS) is 21.5. The number of benzene rings is 3. The van der Waals surface area contributed by atoms with E-state index in [-0.39, 0.29) is 12.6 Å². The highest BCUT2D eigenvalue weighted by molar-refractivity contribution is 6.30. The topological polar surface area (TPSA) is 52.9 Å². The molecular formula is C26H27Cl2NO3. The van der Waals surface area contributed by atoms with Gasteiger partial charge in [-0.05, 0) is 49.6 Å². The van der Waals surface area contributed by atoms with Crippen LogP contribution >= 0.6 is 23.2 Å². The van der Waals surface area contributed by atoms with Crippen LogP contribution < -0.4 is 0 Å². The van der Waals surface area contributed by atoms with E-state index >= 15 is 0 Å². The zero-order chi connectivity index (χ0) is 22.7. The summed E-state index contributed by atoms with van der Waals surface area (Å²) in [4.78, 5) is 2.00. The first-order valence-corrected chi connectivity index (χ1v) is 11.6. The Kier molecular flexibility index (Phi) is 7.21. The molecule has 1 heterocycles. The summed E-state index contributed by atoms with van der Waals surface area (Å²) in [6, 6.07) is 22.9. The molecular weight excluding hydrogens is 445 g/mol. The molecule has 3 unspecified atom stereocenters. The van der Waals surface area contributed by atoms with Gasteiger partial charge in [0.2, 0.25) is 0 Å². The van der Waals surface area contributed by atoms with E-state index in [4.69, 9.17) is 27.9 Å². The van der Waals surface area contributed by atoms with Crippen LogP contribution in [0.5, 0.6) is 0 Å². The summed E-state index contributed by atoms with van der Waals surface area (Å²) in [7, 11) is 0. The number of ether oxygens (including phenoxy) is 1. The van der Waals surface area contributed by atoms with Crippen molar-refractivity contribution in [3.8, 4) is 0 Å². The van der Waals surface area contributed by atoms with Crippen LogP contribution in [0.4, 0.5) is 0 Å². The lowest BCUT2D eigenvalue weighted by Gasteiger charge is -2.44. The van der Waals surface area contributed by atoms with Crippen molar-refractivity contribution >= 4 is 23.2 Å². The van der Waals surface area contributed by atoms with Gasteiger partial charge in [0.25, 0.3) is 0 Å². The maximum atomic E-state index is 11.5. The highest BCUT2D eigenvalue weighted by Crippen LogP contribution is 2.53. The lowest BCUT2D eigenvalue weighted by molar-refractivity contribution is -0.192. The lowest BCUT2D eigenvalue weighted by atomic mass is 9.92. The Morgan fingerprint density at radius 2 is 1.56 bits per heavy atom. The SMILES string of the molecule is CC(c1ccc(Cl)cc1)N1C(O)c2ccccc2C1(OCCCCO)c1ccc(Cl)cc1. The number of unbranched alkanes of at least 4 members (excludes halogenated alkanes) is 1. The van der Waals surface area contributed by atoms with Gasteiger partial charge >= 0.3 is 0 Å². The molecule has 0 aliphatic carbocycles. The van der Waals surface area contributed by atoms with Gasteiger partial charge in [-0.15, -0.1) is 0 Å². The van der Waals surface area contributed by atoms with Crippen LogP contribution in [0.3, 0.4) is 0 Å². The van der Waals surface area contributed by atoms with Crippen LogP contribution in [0.25, 0.3) is 0 Å².